The van der Waals surface area contributed by atoms with Crippen LogP contribution in [-0.2, 0) is 6.61 Å². The van der Waals surface area contributed by atoms with Crippen LogP contribution in [0.15, 0.2) is 59.7 Å². The van der Waals surface area contributed by atoms with Crippen molar-refractivity contribution < 1.29 is 28.1 Å². The Labute approximate surface area is 211 Å². The molecule has 0 unspecified atom stereocenters. The summed E-state index contributed by atoms with van der Waals surface area (Å²) >= 11 is 2.10. The number of halogens is 2. The second kappa shape index (κ2) is 12.2. The first kappa shape index (κ1) is 25.3. The Bertz CT molecular complexity index is 1190. The van der Waals surface area contributed by atoms with Gasteiger partial charge in [-0.25, -0.2) is 9.82 Å². The highest BCUT2D eigenvalue weighted by Gasteiger charge is 2.13. The van der Waals surface area contributed by atoms with E-state index in [0.717, 1.165) is 3.57 Å². The van der Waals surface area contributed by atoms with E-state index in [2.05, 4.69) is 33.1 Å². The number of rotatable bonds is 10. The number of carbonyl (C=O) groups excluding carboxylic acids is 1. The van der Waals surface area contributed by atoms with Gasteiger partial charge in [-0.2, -0.15) is 5.10 Å². The first-order valence-electron chi connectivity index (χ1n) is 10.3. The van der Waals surface area contributed by atoms with Crippen LogP contribution in [0.2, 0.25) is 0 Å². The molecule has 1 amide bonds. The SMILES string of the molecule is CCOc1ccc(C(=O)N/N=C/c2cc(I)c(OCc3ccccc3F)c(OC)c2)cc1OC. The molecule has 1 N–H and O–H groups in total. The van der Waals surface area contributed by atoms with Gasteiger partial charge >= 0.3 is 0 Å². The maximum atomic E-state index is 13.9. The molecule has 0 saturated heterocycles. The van der Waals surface area contributed by atoms with Gasteiger partial charge in [-0.1, -0.05) is 18.2 Å². The predicted molar refractivity (Wildman–Crippen MR) is 136 cm³/mol. The van der Waals surface area contributed by atoms with Crippen LogP contribution in [0.25, 0.3) is 0 Å². The van der Waals surface area contributed by atoms with Crippen LogP contribution in [0, 0.1) is 9.39 Å². The fourth-order valence-corrected chi connectivity index (χ4v) is 3.81. The Morgan fingerprint density at radius 1 is 1.03 bits per heavy atom. The van der Waals surface area contributed by atoms with Crippen molar-refractivity contribution in [1.82, 2.24) is 5.43 Å². The van der Waals surface area contributed by atoms with Gasteiger partial charge in [0.25, 0.3) is 5.91 Å². The minimum Gasteiger partial charge on any atom is -0.493 e. The van der Waals surface area contributed by atoms with Gasteiger partial charge in [0.2, 0.25) is 0 Å². The van der Waals surface area contributed by atoms with Crippen molar-refractivity contribution in [3.8, 4) is 23.0 Å². The highest BCUT2D eigenvalue weighted by molar-refractivity contribution is 14.1. The largest absolute Gasteiger partial charge is 0.493 e. The van der Waals surface area contributed by atoms with E-state index in [1.165, 1.54) is 26.5 Å². The predicted octanol–water partition coefficient (Wildman–Crippen LogP) is 5.19. The molecule has 0 bridgehead atoms. The van der Waals surface area contributed by atoms with E-state index in [4.69, 9.17) is 18.9 Å². The standard InChI is InChI=1S/C25H24FIN2O5/c1-4-33-21-10-9-17(13-22(21)31-2)25(30)29-28-14-16-11-20(27)24(23(12-16)32-3)34-15-18-7-5-6-8-19(18)26/h5-14H,4,15H2,1-3H3,(H,29,30)/b28-14+. The lowest BCUT2D eigenvalue weighted by Crippen LogP contribution is -2.17. The van der Waals surface area contributed by atoms with Gasteiger partial charge in [0, 0.05) is 11.1 Å². The first-order chi connectivity index (χ1) is 16.5. The summed E-state index contributed by atoms with van der Waals surface area (Å²) in [6.45, 7) is 2.42. The van der Waals surface area contributed by atoms with Gasteiger partial charge < -0.3 is 18.9 Å². The summed E-state index contributed by atoms with van der Waals surface area (Å²) in [6.07, 6.45) is 1.50. The summed E-state index contributed by atoms with van der Waals surface area (Å²) in [7, 11) is 3.03. The average Bonchev–Trinajstić information content (AvgIpc) is 2.84. The molecule has 0 atom stereocenters. The number of nitrogens with one attached hydrogen (secondary N) is 1. The third-order valence-corrected chi connectivity index (χ3v) is 5.49. The summed E-state index contributed by atoms with van der Waals surface area (Å²) in [5, 5.41) is 4.04. The summed E-state index contributed by atoms with van der Waals surface area (Å²) in [5.41, 5.74) is 4.00. The second-order valence-corrected chi connectivity index (χ2v) is 8.07. The van der Waals surface area contributed by atoms with E-state index in [1.54, 1.807) is 42.5 Å². The zero-order chi connectivity index (χ0) is 24.5. The van der Waals surface area contributed by atoms with Gasteiger partial charge in [0.1, 0.15) is 12.4 Å². The fourth-order valence-electron chi connectivity index (χ4n) is 3.03. The number of methoxy groups -OCH3 is 2. The molecule has 0 saturated carbocycles. The molecule has 0 radical (unpaired) electrons. The highest BCUT2D eigenvalue weighted by Crippen LogP contribution is 2.34. The van der Waals surface area contributed by atoms with Gasteiger partial charge in [0.05, 0.1) is 30.6 Å². The molecule has 0 fully saturated rings. The Morgan fingerprint density at radius 2 is 1.79 bits per heavy atom. The van der Waals surface area contributed by atoms with Crippen LogP contribution in [0.3, 0.4) is 0 Å². The Morgan fingerprint density at radius 3 is 2.50 bits per heavy atom. The maximum absolute atomic E-state index is 13.9. The zero-order valence-corrected chi connectivity index (χ0v) is 21.1. The van der Waals surface area contributed by atoms with E-state index in [0.29, 0.717) is 46.3 Å². The van der Waals surface area contributed by atoms with Crippen molar-refractivity contribution in [1.29, 1.82) is 0 Å². The normalized spacial score (nSPS) is 10.7. The van der Waals surface area contributed by atoms with E-state index >= 15 is 0 Å². The minimum atomic E-state index is -0.399. The number of hydrogen-bond acceptors (Lipinski definition) is 6. The second-order valence-electron chi connectivity index (χ2n) is 6.91. The Balaban J connectivity index is 1.69. The smallest absolute Gasteiger partial charge is 0.271 e. The molecule has 3 rings (SSSR count). The lowest BCUT2D eigenvalue weighted by molar-refractivity contribution is 0.0954. The molecule has 9 heteroatoms. The Kier molecular flexibility index (Phi) is 9.08. The van der Waals surface area contributed by atoms with Crippen LogP contribution in [0.5, 0.6) is 23.0 Å². The molecule has 7 nitrogen and oxygen atoms in total. The molecule has 0 spiro atoms. The number of nitrogens with zero attached hydrogens (tertiary/aromatic N) is 1. The summed E-state index contributed by atoms with van der Waals surface area (Å²) in [4.78, 5) is 12.5. The van der Waals surface area contributed by atoms with Crippen molar-refractivity contribution in [3.63, 3.8) is 0 Å². The van der Waals surface area contributed by atoms with Gasteiger partial charge in [0.15, 0.2) is 23.0 Å². The molecule has 3 aromatic carbocycles. The van der Waals surface area contributed by atoms with E-state index < -0.39 is 5.91 Å². The number of ether oxygens (including phenoxy) is 4. The molecule has 34 heavy (non-hydrogen) atoms. The number of hydrogen-bond donors (Lipinski definition) is 1. The minimum absolute atomic E-state index is 0.0636. The fraction of sp³-hybridized carbons (Fsp3) is 0.200. The summed E-state index contributed by atoms with van der Waals surface area (Å²) < 4.78 is 36.6. The summed E-state index contributed by atoms with van der Waals surface area (Å²) in [5.74, 6) is 1.25. The summed E-state index contributed by atoms with van der Waals surface area (Å²) in [6, 6.07) is 14.9. The first-order valence-corrected chi connectivity index (χ1v) is 11.4. The van der Waals surface area contributed by atoms with Crippen LogP contribution in [0.4, 0.5) is 4.39 Å². The van der Waals surface area contributed by atoms with E-state index in [9.17, 15) is 9.18 Å². The maximum Gasteiger partial charge on any atom is 0.271 e. The van der Waals surface area contributed by atoms with Gasteiger partial charge in [-0.3, -0.25) is 4.79 Å². The highest BCUT2D eigenvalue weighted by atomic mass is 127. The average molecular weight is 578 g/mol. The lowest BCUT2D eigenvalue weighted by atomic mass is 10.2. The van der Waals surface area contributed by atoms with Gasteiger partial charge in [-0.15, -0.1) is 0 Å². The van der Waals surface area contributed by atoms with Crippen LogP contribution >= 0.6 is 22.6 Å². The third kappa shape index (κ3) is 6.37. The van der Waals surface area contributed by atoms with E-state index in [1.807, 2.05) is 13.0 Å². The molecule has 0 aromatic heterocycles. The quantitative estimate of drug-likeness (QED) is 0.204. The molecule has 0 heterocycles. The number of hydrazone groups is 1. The molecule has 0 aliphatic rings. The van der Waals surface area contributed by atoms with Crippen molar-refractivity contribution >= 4 is 34.7 Å². The molecular weight excluding hydrogens is 554 g/mol. The van der Waals surface area contributed by atoms with Crippen molar-refractivity contribution in [2.24, 2.45) is 5.10 Å². The molecule has 3 aromatic rings. The van der Waals surface area contributed by atoms with Crippen LogP contribution in [-0.4, -0.2) is 32.9 Å². The van der Waals surface area contributed by atoms with E-state index in [-0.39, 0.29) is 12.4 Å². The number of carbonyl (C=O) groups is 1. The number of benzene rings is 3. The monoisotopic (exact) mass is 578 g/mol. The molecular formula is C25H24FIN2O5. The van der Waals surface area contributed by atoms with Crippen molar-refractivity contribution in [3.05, 3.63) is 80.7 Å². The Hall–Kier alpha value is -3.34. The van der Waals surface area contributed by atoms with Gasteiger partial charge in [-0.05, 0) is 71.5 Å². The molecule has 0 aliphatic heterocycles. The molecule has 0 aliphatic carbocycles. The topological polar surface area (TPSA) is 78.4 Å². The van der Waals surface area contributed by atoms with Crippen molar-refractivity contribution in [2.75, 3.05) is 20.8 Å². The lowest BCUT2D eigenvalue weighted by Gasteiger charge is -2.14. The number of amides is 1. The third-order valence-electron chi connectivity index (χ3n) is 4.69. The van der Waals surface area contributed by atoms with Crippen LogP contribution in [0.1, 0.15) is 28.4 Å². The van der Waals surface area contributed by atoms with Crippen LogP contribution < -0.4 is 24.4 Å². The van der Waals surface area contributed by atoms with Crippen molar-refractivity contribution in [2.45, 2.75) is 13.5 Å². The molecule has 178 valence electrons. The zero-order valence-electron chi connectivity index (χ0n) is 18.9.